The highest BCUT2D eigenvalue weighted by Gasteiger charge is 1.98. The molecule has 0 saturated heterocycles. The second-order valence-electron chi connectivity index (χ2n) is 2.21. The molecule has 4 heteroatoms. The molecule has 0 aromatic carbocycles. The maximum absolute atomic E-state index is 5.69. The Hall–Kier alpha value is -0.540. The zero-order chi connectivity index (χ0) is 7.84. The van der Waals surface area contributed by atoms with Gasteiger partial charge in [0.05, 0.1) is 16.3 Å². The molecule has 0 spiro atoms. The van der Waals surface area contributed by atoms with Gasteiger partial charge in [0.1, 0.15) is 5.15 Å². The number of pyridine rings is 1. The summed E-state index contributed by atoms with van der Waals surface area (Å²) in [7, 11) is 0. The van der Waals surface area contributed by atoms with Crippen LogP contribution in [0.25, 0.3) is 10.9 Å². The third-order valence-electron chi connectivity index (χ3n) is 1.44. The van der Waals surface area contributed by atoms with Crippen LogP contribution >= 0.6 is 27.5 Å². The van der Waals surface area contributed by atoms with Crippen LogP contribution in [0.2, 0.25) is 5.15 Å². The minimum atomic E-state index is 0.518. The number of nitrogens with one attached hydrogen (secondary N) is 1. The molecule has 0 fully saturated rings. The zero-order valence-corrected chi connectivity index (χ0v) is 7.78. The Balaban J connectivity index is 2.82. The smallest absolute Gasteiger partial charge is 0.129 e. The Morgan fingerprint density at radius 3 is 3.09 bits per heavy atom. The summed E-state index contributed by atoms with van der Waals surface area (Å²) in [6, 6.07) is 3.78. The second-order valence-corrected chi connectivity index (χ2v) is 3.45. The van der Waals surface area contributed by atoms with Crippen LogP contribution in [0.15, 0.2) is 22.9 Å². The van der Waals surface area contributed by atoms with Crippen molar-refractivity contribution in [3.8, 4) is 0 Å². The average Bonchev–Trinajstić information content (AvgIpc) is 2.27. The van der Waals surface area contributed by atoms with E-state index in [1.807, 2.05) is 12.1 Å². The Labute approximate surface area is 76.7 Å². The van der Waals surface area contributed by atoms with Crippen molar-refractivity contribution >= 4 is 38.4 Å². The minimum Gasteiger partial charge on any atom is -0.348 e. The van der Waals surface area contributed by atoms with Crippen molar-refractivity contribution in [3.05, 3.63) is 28.1 Å². The van der Waals surface area contributed by atoms with Gasteiger partial charge in [0.15, 0.2) is 0 Å². The van der Waals surface area contributed by atoms with E-state index in [4.69, 9.17) is 11.6 Å². The first-order valence-corrected chi connectivity index (χ1v) is 4.22. The SMILES string of the molecule is Clc1cc2cc(Br)[nH]c2cn1. The van der Waals surface area contributed by atoms with Crippen molar-refractivity contribution in [3.63, 3.8) is 0 Å². The Morgan fingerprint density at radius 2 is 2.27 bits per heavy atom. The van der Waals surface area contributed by atoms with Crippen LogP contribution in [0.5, 0.6) is 0 Å². The van der Waals surface area contributed by atoms with Crippen LogP contribution in [-0.2, 0) is 0 Å². The standard InChI is InChI=1S/C7H4BrClN2/c8-6-1-4-2-7(9)10-3-5(4)11-6/h1-3,11H. The molecule has 0 aliphatic rings. The molecule has 0 aliphatic carbocycles. The number of hydrogen-bond donors (Lipinski definition) is 1. The number of nitrogens with zero attached hydrogens (tertiary/aromatic N) is 1. The highest BCUT2D eigenvalue weighted by atomic mass is 79.9. The Kier molecular flexibility index (Phi) is 1.62. The van der Waals surface area contributed by atoms with Crippen molar-refractivity contribution in [2.45, 2.75) is 0 Å². The molecule has 0 bridgehead atoms. The largest absolute Gasteiger partial charge is 0.348 e. The lowest BCUT2D eigenvalue weighted by atomic mass is 10.3. The predicted octanol–water partition coefficient (Wildman–Crippen LogP) is 2.98. The van der Waals surface area contributed by atoms with Crippen molar-refractivity contribution in [1.29, 1.82) is 0 Å². The quantitative estimate of drug-likeness (QED) is 0.694. The molecule has 0 atom stereocenters. The third-order valence-corrected chi connectivity index (χ3v) is 2.07. The van der Waals surface area contributed by atoms with Crippen molar-refractivity contribution in [2.75, 3.05) is 0 Å². The lowest BCUT2D eigenvalue weighted by Crippen LogP contribution is -1.72. The maximum atomic E-state index is 5.69. The molecule has 2 nitrogen and oxygen atoms in total. The van der Waals surface area contributed by atoms with E-state index >= 15 is 0 Å². The van der Waals surface area contributed by atoms with Gasteiger partial charge in [-0.25, -0.2) is 4.98 Å². The van der Waals surface area contributed by atoms with Crippen molar-refractivity contribution in [1.82, 2.24) is 9.97 Å². The second kappa shape index (κ2) is 2.50. The molecule has 0 aliphatic heterocycles. The number of H-pyrrole nitrogens is 1. The van der Waals surface area contributed by atoms with Crippen LogP contribution in [0.4, 0.5) is 0 Å². The molecule has 2 heterocycles. The van der Waals surface area contributed by atoms with E-state index < -0.39 is 0 Å². The predicted molar refractivity (Wildman–Crippen MR) is 48.8 cm³/mol. The summed E-state index contributed by atoms with van der Waals surface area (Å²) >= 11 is 9.01. The Morgan fingerprint density at radius 1 is 1.45 bits per heavy atom. The first kappa shape index (κ1) is 7.13. The fourth-order valence-corrected chi connectivity index (χ4v) is 1.60. The minimum absolute atomic E-state index is 0.518. The lowest BCUT2D eigenvalue weighted by molar-refractivity contribution is 1.33. The van der Waals surface area contributed by atoms with E-state index in [1.165, 1.54) is 0 Å². The van der Waals surface area contributed by atoms with Gasteiger partial charge in [-0.05, 0) is 28.1 Å². The highest BCUT2D eigenvalue weighted by Crippen LogP contribution is 2.20. The van der Waals surface area contributed by atoms with Gasteiger partial charge in [-0.1, -0.05) is 11.6 Å². The highest BCUT2D eigenvalue weighted by molar-refractivity contribution is 9.10. The third kappa shape index (κ3) is 1.26. The van der Waals surface area contributed by atoms with Gasteiger partial charge in [-0.3, -0.25) is 0 Å². The summed E-state index contributed by atoms with van der Waals surface area (Å²) in [5, 5.41) is 1.58. The van der Waals surface area contributed by atoms with Crippen LogP contribution < -0.4 is 0 Å². The molecule has 2 aromatic rings. The molecule has 0 unspecified atom stereocenters. The van der Waals surface area contributed by atoms with Crippen LogP contribution in [-0.4, -0.2) is 9.97 Å². The van der Waals surface area contributed by atoms with Crippen molar-refractivity contribution < 1.29 is 0 Å². The first-order valence-electron chi connectivity index (χ1n) is 3.05. The summed E-state index contributed by atoms with van der Waals surface area (Å²) in [4.78, 5) is 7.02. The van der Waals surface area contributed by atoms with Gasteiger partial charge >= 0.3 is 0 Å². The zero-order valence-electron chi connectivity index (χ0n) is 5.44. The molecular weight excluding hydrogens is 227 g/mol. The Bertz CT molecular complexity index is 396. The number of rotatable bonds is 0. The fourth-order valence-electron chi connectivity index (χ4n) is 0.969. The van der Waals surface area contributed by atoms with E-state index in [0.29, 0.717) is 5.15 Å². The number of aromatic nitrogens is 2. The molecule has 0 saturated carbocycles. The molecule has 2 aromatic heterocycles. The van der Waals surface area contributed by atoms with Gasteiger partial charge in [0.25, 0.3) is 0 Å². The molecule has 2 rings (SSSR count). The van der Waals surface area contributed by atoms with E-state index in [-0.39, 0.29) is 0 Å². The average molecular weight is 231 g/mol. The maximum Gasteiger partial charge on any atom is 0.129 e. The van der Waals surface area contributed by atoms with Crippen LogP contribution in [0.1, 0.15) is 0 Å². The van der Waals surface area contributed by atoms with Gasteiger partial charge in [0.2, 0.25) is 0 Å². The number of fused-ring (bicyclic) bond motifs is 1. The van der Waals surface area contributed by atoms with Gasteiger partial charge < -0.3 is 4.98 Å². The fraction of sp³-hybridized carbons (Fsp3) is 0. The monoisotopic (exact) mass is 230 g/mol. The lowest BCUT2D eigenvalue weighted by Gasteiger charge is -1.87. The summed E-state index contributed by atoms with van der Waals surface area (Å²) in [5.74, 6) is 0. The molecule has 11 heavy (non-hydrogen) atoms. The summed E-state index contributed by atoms with van der Waals surface area (Å²) in [6.07, 6.45) is 1.71. The van der Waals surface area contributed by atoms with Gasteiger partial charge in [0, 0.05) is 5.39 Å². The summed E-state index contributed by atoms with van der Waals surface area (Å²) in [5.41, 5.74) is 0.987. The number of hydrogen-bond acceptors (Lipinski definition) is 1. The summed E-state index contributed by atoms with van der Waals surface area (Å²) in [6.45, 7) is 0. The number of aromatic amines is 1. The van der Waals surface area contributed by atoms with E-state index in [0.717, 1.165) is 15.5 Å². The number of halogens is 2. The first-order chi connectivity index (χ1) is 5.25. The normalized spacial score (nSPS) is 10.7. The summed E-state index contributed by atoms with van der Waals surface area (Å²) < 4.78 is 0.941. The topological polar surface area (TPSA) is 28.7 Å². The molecular formula is C7H4BrClN2. The molecule has 0 amide bonds. The van der Waals surface area contributed by atoms with Crippen LogP contribution in [0.3, 0.4) is 0 Å². The van der Waals surface area contributed by atoms with Crippen LogP contribution in [0, 0.1) is 0 Å². The molecule has 1 N–H and O–H groups in total. The molecule has 0 radical (unpaired) electrons. The van der Waals surface area contributed by atoms with E-state index in [9.17, 15) is 0 Å². The van der Waals surface area contributed by atoms with Gasteiger partial charge in [-0.2, -0.15) is 0 Å². The van der Waals surface area contributed by atoms with E-state index in [1.54, 1.807) is 6.20 Å². The van der Waals surface area contributed by atoms with E-state index in [2.05, 4.69) is 25.9 Å². The molecule has 56 valence electrons. The van der Waals surface area contributed by atoms with Gasteiger partial charge in [-0.15, -0.1) is 0 Å². The van der Waals surface area contributed by atoms with Crippen molar-refractivity contribution in [2.24, 2.45) is 0 Å².